The van der Waals surface area contributed by atoms with Gasteiger partial charge in [0.2, 0.25) is 5.91 Å². The lowest BCUT2D eigenvalue weighted by molar-refractivity contribution is -0.117. The Kier molecular flexibility index (Phi) is 4.27. The highest BCUT2D eigenvalue weighted by Crippen LogP contribution is 2.30. The van der Waals surface area contributed by atoms with Crippen molar-refractivity contribution in [3.05, 3.63) is 23.9 Å². The first-order valence-electron chi connectivity index (χ1n) is 6.17. The minimum absolute atomic E-state index is 0.102. The lowest BCUT2D eigenvalue weighted by atomic mass is 10.1. The lowest BCUT2D eigenvalue weighted by Gasteiger charge is -2.12. The maximum absolute atomic E-state index is 12.2. The number of nitrogens with one attached hydrogen (secondary N) is 1. The van der Waals surface area contributed by atoms with Crippen LogP contribution in [0.15, 0.2) is 22.8 Å². The first-order valence-corrected chi connectivity index (χ1v) is 6.17. The van der Waals surface area contributed by atoms with Crippen LogP contribution in [0.5, 0.6) is 11.5 Å². The van der Waals surface area contributed by atoms with Gasteiger partial charge in [-0.3, -0.25) is 4.79 Å². The summed E-state index contributed by atoms with van der Waals surface area (Å²) in [6, 6.07) is 5.06. The highest BCUT2D eigenvalue weighted by atomic mass is 16.6. The number of nitrogens with zero attached hydrogens (tertiary/aromatic N) is 2. The van der Waals surface area contributed by atoms with Crippen LogP contribution < -0.4 is 20.5 Å². The fourth-order valence-corrected chi connectivity index (χ4v) is 1.79. The van der Waals surface area contributed by atoms with Crippen LogP contribution in [0.4, 0.5) is 11.5 Å². The van der Waals surface area contributed by atoms with Crippen LogP contribution in [0.2, 0.25) is 0 Å². The fourth-order valence-electron chi connectivity index (χ4n) is 1.79. The zero-order chi connectivity index (χ0) is 15.4. The van der Waals surface area contributed by atoms with Crippen molar-refractivity contribution in [3.8, 4) is 11.5 Å². The van der Waals surface area contributed by atoms with Crippen LogP contribution in [0.1, 0.15) is 18.5 Å². The van der Waals surface area contributed by atoms with E-state index in [1.165, 1.54) is 7.11 Å². The highest BCUT2D eigenvalue weighted by Gasteiger charge is 2.22. The monoisotopic (exact) mass is 292 g/mol. The van der Waals surface area contributed by atoms with Gasteiger partial charge in [-0.2, -0.15) is 0 Å². The molecule has 1 heterocycles. The normalized spacial score (nSPS) is 11.8. The Bertz CT molecular complexity index is 641. The van der Waals surface area contributed by atoms with Crippen molar-refractivity contribution in [1.29, 1.82) is 0 Å². The molecule has 1 amide bonds. The molecule has 0 radical (unpaired) electrons. The Hall–Kier alpha value is -2.77. The van der Waals surface area contributed by atoms with Crippen LogP contribution in [-0.2, 0) is 4.79 Å². The molecule has 8 nitrogen and oxygen atoms in total. The third-order valence-corrected chi connectivity index (χ3v) is 3.00. The molecule has 21 heavy (non-hydrogen) atoms. The quantitative estimate of drug-likeness (QED) is 0.856. The summed E-state index contributed by atoms with van der Waals surface area (Å²) < 4.78 is 14.8. The number of anilines is 2. The molecule has 0 aliphatic carbocycles. The molecule has 0 bridgehead atoms. The summed E-state index contributed by atoms with van der Waals surface area (Å²) in [5.41, 5.74) is 6.44. The van der Waals surface area contributed by atoms with Crippen molar-refractivity contribution < 1.29 is 18.9 Å². The van der Waals surface area contributed by atoms with Gasteiger partial charge in [-0.1, -0.05) is 5.16 Å². The molecular weight excluding hydrogens is 276 g/mol. The summed E-state index contributed by atoms with van der Waals surface area (Å²) in [7, 11) is 3.06. The number of nitrogen functional groups attached to an aromatic ring is 1. The van der Waals surface area contributed by atoms with Crippen molar-refractivity contribution in [2.24, 2.45) is 0 Å². The molecule has 1 aromatic carbocycles. The zero-order valence-electron chi connectivity index (χ0n) is 11.9. The third-order valence-electron chi connectivity index (χ3n) is 3.00. The van der Waals surface area contributed by atoms with Gasteiger partial charge in [0.1, 0.15) is 5.69 Å². The Morgan fingerprint density at radius 2 is 2.00 bits per heavy atom. The lowest BCUT2D eigenvalue weighted by Crippen LogP contribution is -2.20. The minimum Gasteiger partial charge on any atom is -0.493 e. The number of nitrogens with two attached hydrogens (primary N) is 1. The summed E-state index contributed by atoms with van der Waals surface area (Å²) in [5.74, 6) is 0.318. The molecule has 112 valence electrons. The van der Waals surface area contributed by atoms with E-state index in [2.05, 4.69) is 20.3 Å². The van der Waals surface area contributed by atoms with Crippen LogP contribution in [0.25, 0.3) is 0 Å². The van der Waals surface area contributed by atoms with Crippen molar-refractivity contribution in [2.45, 2.75) is 12.8 Å². The van der Waals surface area contributed by atoms with Gasteiger partial charge in [-0.25, -0.2) is 4.63 Å². The average Bonchev–Trinajstić information content (AvgIpc) is 2.92. The van der Waals surface area contributed by atoms with E-state index < -0.39 is 5.92 Å². The number of hydrogen-bond donors (Lipinski definition) is 2. The molecule has 1 unspecified atom stereocenters. The number of carbonyl (C=O) groups excluding carboxylic acids is 1. The predicted molar refractivity (Wildman–Crippen MR) is 75.3 cm³/mol. The van der Waals surface area contributed by atoms with Gasteiger partial charge in [0.15, 0.2) is 17.3 Å². The molecule has 1 aromatic heterocycles. The Balaban J connectivity index is 2.14. The number of benzene rings is 1. The number of methoxy groups -OCH3 is 2. The van der Waals surface area contributed by atoms with Crippen molar-refractivity contribution in [2.75, 3.05) is 25.3 Å². The van der Waals surface area contributed by atoms with E-state index in [9.17, 15) is 4.79 Å². The molecule has 0 aliphatic heterocycles. The Labute approximate surface area is 121 Å². The maximum atomic E-state index is 12.2. The fraction of sp³-hybridized carbons (Fsp3) is 0.308. The summed E-state index contributed by atoms with van der Waals surface area (Å²) in [6.07, 6.45) is 0. The van der Waals surface area contributed by atoms with E-state index in [-0.39, 0.29) is 11.7 Å². The topological polar surface area (TPSA) is 112 Å². The minimum atomic E-state index is -0.593. The predicted octanol–water partition coefficient (Wildman–Crippen LogP) is 1.41. The molecular formula is C13H16N4O4. The van der Waals surface area contributed by atoms with Gasteiger partial charge in [0.05, 0.1) is 20.1 Å². The Morgan fingerprint density at radius 3 is 2.57 bits per heavy atom. The Morgan fingerprint density at radius 1 is 1.29 bits per heavy atom. The molecule has 2 rings (SSSR count). The van der Waals surface area contributed by atoms with Gasteiger partial charge in [0, 0.05) is 11.8 Å². The van der Waals surface area contributed by atoms with Gasteiger partial charge in [0.25, 0.3) is 0 Å². The molecule has 0 fully saturated rings. The molecule has 0 aliphatic rings. The summed E-state index contributed by atoms with van der Waals surface area (Å²) >= 11 is 0. The van der Waals surface area contributed by atoms with E-state index >= 15 is 0 Å². The second-order valence-corrected chi connectivity index (χ2v) is 4.32. The first kappa shape index (κ1) is 14.6. The summed E-state index contributed by atoms with van der Waals surface area (Å²) in [5, 5.41) is 9.82. The smallest absolute Gasteiger partial charge is 0.233 e. The van der Waals surface area contributed by atoms with E-state index in [0.29, 0.717) is 22.9 Å². The van der Waals surface area contributed by atoms with E-state index in [0.717, 1.165) is 0 Å². The number of amides is 1. The molecule has 0 saturated carbocycles. The largest absolute Gasteiger partial charge is 0.493 e. The molecule has 8 heteroatoms. The standard InChI is InChI=1S/C13H16N4O4/c1-7(11-12(14)17-21-16-11)13(18)15-8-4-5-9(19-2)10(6-8)20-3/h4-7H,1-3H3,(H2,14,17)(H,15,18). The van der Waals surface area contributed by atoms with Crippen molar-refractivity contribution >= 4 is 17.4 Å². The molecule has 2 aromatic rings. The summed E-state index contributed by atoms with van der Waals surface area (Å²) in [6.45, 7) is 1.66. The first-order chi connectivity index (χ1) is 10.1. The highest BCUT2D eigenvalue weighted by molar-refractivity contribution is 5.96. The number of hydrogen-bond acceptors (Lipinski definition) is 7. The van der Waals surface area contributed by atoms with E-state index in [1.807, 2.05) is 0 Å². The number of ether oxygens (including phenoxy) is 2. The molecule has 0 spiro atoms. The molecule has 0 saturated heterocycles. The summed E-state index contributed by atoms with van der Waals surface area (Å²) in [4.78, 5) is 12.2. The van der Waals surface area contributed by atoms with Gasteiger partial charge < -0.3 is 20.5 Å². The van der Waals surface area contributed by atoms with Crippen molar-refractivity contribution in [3.63, 3.8) is 0 Å². The number of rotatable bonds is 5. The van der Waals surface area contributed by atoms with Crippen molar-refractivity contribution in [1.82, 2.24) is 10.3 Å². The second-order valence-electron chi connectivity index (χ2n) is 4.32. The van der Waals surface area contributed by atoms with Crippen LogP contribution in [0.3, 0.4) is 0 Å². The zero-order valence-corrected chi connectivity index (χ0v) is 11.9. The average molecular weight is 292 g/mol. The van der Waals surface area contributed by atoms with Gasteiger partial charge in [-0.05, 0) is 24.2 Å². The maximum Gasteiger partial charge on any atom is 0.233 e. The molecule has 3 N–H and O–H groups in total. The number of carbonyl (C=O) groups is 1. The number of aromatic nitrogens is 2. The van der Waals surface area contributed by atoms with Gasteiger partial charge >= 0.3 is 0 Å². The van der Waals surface area contributed by atoms with Crippen LogP contribution in [-0.4, -0.2) is 30.4 Å². The van der Waals surface area contributed by atoms with E-state index in [1.54, 1.807) is 32.2 Å². The van der Waals surface area contributed by atoms with E-state index in [4.69, 9.17) is 15.2 Å². The van der Waals surface area contributed by atoms with Crippen LogP contribution in [0, 0.1) is 0 Å². The van der Waals surface area contributed by atoms with Gasteiger partial charge in [-0.15, -0.1) is 0 Å². The molecule has 1 atom stereocenters. The third kappa shape index (κ3) is 3.04. The van der Waals surface area contributed by atoms with Crippen LogP contribution >= 0.6 is 0 Å². The SMILES string of the molecule is COc1ccc(NC(=O)C(C)c2nonc2N)cc1OC. The second kappa shape index (κ2) is 6.12.